The van der Waals surface area contributed by atoms with E-state index in [0.29, 0.717) is 0 Å². The maximum Gasteiger partial charge on any atom is 0.411 e. The SMILES string of the molecule is CN(C)/C=C1\C(=O)C[C@@](C)(c2cc(NC(=O)OCc3ccccc3)ccc2F)NC1=O. The fraction of sp³-hybridized carbons (Fsp3) is 0.261. The van der Waals surface area contributed by atoms with E-state index in [0.717, 1.165) is 5.56 Å². The summed E-state index contributed by atoms with van der Waals surface area (Å²) >= 11 is 0. The summed E-state index contributed by atoms with van der Waals surface area (Å²) in [4.78, 5) is 38.8. The Bertz CT molecular complexity index is 1010. The number of benzene rings is 2. The van der Waals surface area contributed by atoms with Crippen molar-refractivity contribution >= 4 is 23.5 Å². The standard InChI is InChI=1S/C23H24FN3O4/c1-23(12-20(28)17(13-27(2)3)21(29)26-23)18-11-16(9-10-19(18)24)25-22(30)31-14-15-7-5-4-6-8-15/h4-11,13H,12,14H2,1-3H3,(H,25,30)(H,26,29)/b17-13+/t23-/m0/s1. The van der Waals surface area contributed by atoms with Crippen LogP contribution in [-0.4, -0.2) is 36.8 Å². The van der Waals surface area contributed by atoms with Crippen LogP contribution in [-0.2, 0) is 26.5 Å². The molecule has 2 aromatic carbocycles. The lowest BCUT2D eigenvalue weighted by Crippen LogP contribution is -2.52. The third kappa shape index (κ3) is 5.28. The van der Waals surface area contributed by atoms with E-state index in [4.69, 9.17) is 4.74 Å². The second-order valence-corrected chi connectivity index (χ2v) is 7.77. The normalized spacial score (nSPS) is 19.7. The molecule has 2 N–H and O–H groups in total. The number of rotatable bonds is 5. The summed E-state index contributed by atoms with van der Waals surface area (Å²) in [6.07, 6.45) is 0.623. The minimum atomic E-state index is -1.26. The van der Waals surface area contributed by atoms with E-state index >= 15 is 0 Å². The Hall–Kier alpha value is -3.68. The van der Waals surface area contributed by atoms with Gasteiger partial charge in [-0.25, -0.2) is 9.18 Å². The van der Waals surface area contributed by atoms with Gasteiger partial charge in [0.05, 0.1) is 11.1 Å². The van der Waals surface area contributed by atoms with Crippen molar-refractivity contribution in [1.29, 1.82) is 0 Å². The molecule has 0 bridgehead atoms. The second-order valence-electron chi connectivity index (χ2n) is 7.77. The van der Waals surface area contributed by atoms with E-state index in [1.807, 2.05) is 30.3 Å². The highest BCUT2D eigenvalue weighted by Gasteiger charge is 2.41. The lowest BCUT2D eigenvalue weighted by molar-refractivity contribution is -0.128. The first-order chi connectivity index (χ1) is 14.7. The van der Waals surface area contributed by atoms with Crippen LogP contribution in [0.3, 0.4) is 0 Å². The topological polar surface area (TPSA) is 87.7 Å². The van der Waals surface area contributed by atoms with Crippen molar-refractivity contribution < 1.29 is 23.5 Å². The Morgan fingerprint density at radius 3 is 2.58 bits per heavy atom. The number of hydrogen-bond donors (Lipinski definition) is 2. The number of ketones is 1. The van der Waals surface area contributed by atoms with Crippen LogP contribution in [0.1, 0.15) is 24.5 Å². The summed E-state index contributed by atoms with van der Waals surface area (Å²) in [5.74, 6) is -1.56. The Morgan fingerprint density at radius 2 is 1.94 bits per heavy atom. The average Bonchev–Trinajstić information content (AvgIpc) is 2.71. The molecule has 8 heteroatoms. The summed E-state index contributed by atoms with van der Waals surface area (Å²) in [5, 5.41) is 5.27. The maximum absolute atomic E-state index is 14.6. The molecule has 0 unspecified atom stereocenters. The van der Waals surface area contributed by atoms with Crippen molar-refractivity contribution in [2.24, 2.45) is 0 Å². The van der Waals surface area contributed by atoms with Gasteiger partial charge >= 0.3 is 6.09 Å². The molecule has 3 rings (SSSR count). The van der Waals surface area contributed by atoms with Gasteiger partial charge in [-0.2, -0.15) is 0 Å². The molecule has 0 saturated carbocycles. The highest BCUT2D eigenvalue weighted by Crippen LogP contribution is 2.33. The minimum absolute atomic E-state index is 0.0154. The van der Waals surface area contributed by atoms with Crippen molar-refractivity contribution in [2.75, 3.05) is 19.4 Å². The smallest absolute Gasteiger partial charge is 0.411 e. The van der Waals surface area contributed by atoms with Gasteiger partial charge in [0.15, 0.2) is 5.78 Å². The summed E-state index contributed by atoms with van der Waals surface area (Å²) in [5.41, 5.74) is -0.0318. The summed E-state index contributed by atoms with van der Waals surface area (Å²) < 4.78 is 19.8. The van der Waals surface area contributed by atoms with Gasteiger partial charge in [-0.15, -0.1) is 0 Å². The van der Waals surface area contributed by atoms with Crippen LogP contribution in [0.25, 0.3) is 0 Å². The van der Waals surface area contributed by atoms with E-state index < -0.39 is 23.4 Å². The predicted molar refractivity (Wildman–Crippen MR) is 114 cm³/mol. The van der Waals surface area contributed by atoms with Gasteiger partial charge in [0.1, 0.15) is 12.4 Å². The zero-order valence-electron chi connectivity index (χ0n) is 17.6. The number of carbonyl (C=O) groups is 3. The number of hydrogen-bond acceptors (Lipinski definition) is 5. The molecule has 0 spiro atoms. The number of halogens is 1. The molecule has 1 atom stereocenters. The minimum Gasteiger partial charge on any atom is -0.444 e. The van der Waals surface area contributed by atoms with Gasteiger partial charge in [0.25, 0.3) is 5.91 Å². The molecule has 1 saturated heterocycles. The Labute approximate surface area is 179 Å². The average molecular weight is 425 g/mol. The summed E-state index contributed by atoms with van der Waals surface area (Å²) in [7, 11) is 3.40. The lowest BCUT2D eigenvalue weighted by Gasteiger charge is -2.35. The number of nitrogens with zero attached hydrogens (tertiary/aromatic N) is 1. The van der Waals surface area contributed by atoms with Crippen molar-refractivity contribution in [1.82, 2.24) is 10.2 Å². The highest BCUT2D eigenvalue weighted by molar-refractivity contribution is 6.21. The molecule has 162 valence electrons. The number of carbonyl (C=O) groups excluding carboxylic acids is 3. The zero-order valence-corrected chi connectivity index (χ0v) is 17.6. The van der Waals surface area contributed by atoms with Crippen LogP contribution >= 0.6 is 0 Å². The molecule has 31 heavy (non-hydrogen) atoms. The summed E-state index contributed by atoms with van der Waals surface area (Å²) in [6.45, 7) is 1.66. The van der Waals surface area contributed by atoms with Crippen LogP contribution in [0.4, 0.5) is 14.9 Å². The predicted octanol–water partition coefficient (Wildman–Crippen LogP) is 3.32. The van der Waals surface area contributed by atoms with Crippen LogP contribution in [0, 0.1) is 5.82 Å². The van der Waals surface area contributed by atoms with Gasteiger partial charge in [-0.3, -0.25) is 14.9 Å². The van der Waals surface area contributed by atoms with Gasteiger partial charge in [0, 0.05) is 38.0 Å². The van der Waals surface area contributed by atoms with Crippen LogP contribution < -0.4 is 10.6 Å². The number of nitrogens with one attached hydrogen (secondary N) is 2. The molecule has 0 aliphatic carbocycles. The quantitative estimate of drug-likeness (QED) is 0.567. The molecule has 0 aromatic heterocycles. The number of ether oxygens (including phenoxy) is 1. The van der Waals surface area contributed by atoms with E-state index in [1.165, 1.54) is 24.4 Å². The molecule has 1 fully saturated rings. The molecule has 2 aromatic rings. The third-order valence-electron chi connectivity index (χ3n) is 4.86. The first-order valence-electron chi connectivity index (χ1n) is 9.69. The number of anilines is 1. The van der Waals surface area contributed by atoms with Gasteiger partial charge in [0.2, 0.25) is 0 Å². The lowest BCUT2D eigenvalue weighted by atomic mass is 9.81. The first kappa shape index (κ1) is 22.0. The number of Topliss-reactive ketones (excluding diaryl/α,β-unsaturated/α-hetero) is 1. The molecule has 7 nitrogen and oxygen atoms in total. The Morgan fingerprint density at radius 1 is 1.23 bits per heavy atom. The first-order valence-corrected chi connectivity index (χ1v) is 9.69. The van der Waals surface area contributed by atoms with Crippen LogP contribution in [0.2, 0.25) is 0 Å². The van der Waals surface area contributed by atoms with Gasteiger partial charge in [-0.05, 0) is 30.7 Å². The molecular weight excluding hydrogens is 401 g/mol. The summed E-state index contributed by atoms with van der Waals surface area (Å²) in [6, 6.07) is 13.1. The monoisotopic (exact) mass is 425 g/mol. The van der Waals surface area contributed by atoms with Crippen LogP contribution in [0.5, 0.6) is 0 Å². The molecule has 1 heterocycles. The van der Waals surface area contributed by atoms with E-state index in [1.54, 1.807) is 25.9 Å². The molecule has 2 amide bonds. The molecule has 0 radical (unpaired) electrons. The van der Waals surface area contributed by atoms with Crippen molar-refractivity contribution in [3.63, 3.8) is 0 Å². The van der Waals surface area contributed by atoms with Gasteiger partial charge < -0.3 is 15.0 Å². The van der Waals surface area contributed by atoms with Gasteiger partial charge in [-0.1, -0.05) is 30.3 Å². The second kappa shape index (κ2) is 8.99. The van der Waals surface area contributed by atoms with Crippen molar-refractivity contribution in [2.45, 2.75) is 25.5 Å². The Balaban J connectivity index is 1.75. The van der Waals surface area contributed by atoms with E-state index in [-0.39, 0.29) is 35.6 Å². The van der Waals surface area contributed by atoms with Crippen molar-refractivity contribution in [3.8, 4) is 0 Å². The van der Waals surface area contributed by atoms with Crippen LogP contribution in [0.15, 0.2) is 60.3 Å². The molecule has 1 aliphatic heterocycles. The zero-order chi connectivity index (χ0) is 22.6. The fourth-order valence-corrected chi connectivity index (χ4v) is 3.36. The molecule has 1 aliphatic rings. The third-order valence-corrected chi connectivity index (χ3v) is 4.86. The largest absolute Gasteiger partial charge is 0.444 e. The Kier molecular flexibility index (Phi) is 6.39. The fourth-order valence-electron chi connectivity index (χ4n) is 3.36. The maximum atomic E-state index is 14.6. The van der Waals surface area contributed by atoms with Crippen molar-refractivity contribution in [3.05, 3.63) is 77.2 Å². The van der Waals surface area contributed by atoms with E-state index in [2.05, 4.69) is 10.6 Å². The highest BCUT2D eigenvalue weighted by atomic mass is 19.1. The molecular formula is C23H24FN3O4. The van der Waals surface area contributed by atoms with E-state index in [9.17, 15) is 18.8 Å². The number of piperidine rings is 1. The number of amides is 2.